The molecule has 1 aromatic carbocycles. The van der Waals surface area contributed by atoms with Crippen molar-refractivity contribution in [3.8, 4) is 0 Å². The van der Waals surface area contributed by atoms with Gasteiger partial charge in [0.05, 0.1) is 0 Å². The zero-order valence-corrected chi connectivity index (χ0v) is 13.0. The molecule has 0 heterocycles. The van der Waals surface area contributed by atoms with Crippen LogP contribution in [-0.4, -0.2) is 6.54 Å². The van der Waals surface area contributed by atoms with Crippen molar-refractivity contribution in [2.75, 3.05) is 12.3 Å². The number of nitrogens with one attached hydrogen (secondary N) is 1. The van der Waals surface area contributed by atoms with E-state index in [1.807, 2.05) is 12.1 Å². The van der Waals surface area contributed by atoms with Crippen molar-refractivity contribution in [1.82, 2.24) is 5.32 Å². The van der Waals surface area contributed by atoms with Crippen LogP contribution in [0.25, 0.3) is 0 Å². The van der Waals surface area contributed by atoms with Crippen LogP contribution in [0.3, 0.4) is 0 Å². The minimum absolute atomic E-state index is 0.713. The molecule has 0 unspecified atom stereocenters. The predicted molar refractivity (Wildman–Crippen MR) is 85.5 cm³/mol. The minimum Gasteiger partial charge on any atom is -0.399 e. The highest BCUT2D eigenvalue weighted by Crippen LogP contribution is 2.16. The summed E-state index contributed by atoms with van der Waals surface area (Å²) in [6.45, 7) is 6.49. The van der Waals surface area contributed by atoms with E-state index >= 15 is 0 Å². The molecule has 0 radical (unpaired) electrons. The van der Waals surface area contributed by atoms with Gasteiger partial charge in [-0.15, -0.1) is 0 Å². The molecule has 0 atom stereocenters. The Morgan fingerprint density at radius 3 is 2.53 bits per heavy atom. The van der Waals surface area contributed by atoms with Crippen molar-refractivity contribution in [3.63, 3.8) is 0 Å². The molecule has 0 fully saturated rings. The number of hydrogen-bond donors (Lipinski definition) is 2. The van der Waals surface area contributed by atoms with Crippen molar-refractivity contribution in [1.29, 1.82) is 0 Å². The van der Waals surface area contributed by atoms with Crippen LogP contribution in [0.15, 0.2) is 18.2 Å². The van der Waals surface area contributed by atoms with E-state index in [-0.39, 0.29) is 0 Å². The standard InChI is InChI=1S/C16H27ClN2/c1-13(2)7-5-3-4-6-8-19-12-14-9-15(17)11-16(18)10-14/h9-11,13,19H,3-8,12,18H2,1-2H3. The van der Waals surface area contributed by atoms with Crippen molar-refractivity contribution in [2.45, 2.75) is 52.5 Å². The summed E-state index contributed by atoms with van der Waals surface area (Å²) >= 11 is 5.97. The molecule has 0 spiro atoms. The van der Waals surface area contributed by atoms with Crippen LogP contribution in [0, 0.1) is 5.92 Å². The van der Waals surface area contributed by atoms with Gasteiger partial charge in [-0.3, -0.25) is 0 Å². The number of anilines is 1. The summed E-state index contributed by atoms with van der Waals surface area (Å²) < 4.78 is 0. The third-order valence-corrected chi connectivity index (χ3v) is 3.41. The Kier molecular flexibility index (Phi) is 7.92. The Balaban J connectivity index is 2.04. The molecule has 0 aliphatic carbocycles. The van der Waals surface area contributed by atoms with E-state index < -0.39 is 0 Å². The van der Waals surface area contributed by atoms with Gasteiger partial charge in [-0.25, -0.2) is 0 Å². The van der Waals surface area contributed by atoms with Gasteiger partial charge in [0, 0.05) is 17.3 Å². The van der Waals surface area contributed by atoms with Gasteiger partial charge >= 0.3 is 0 Å². The average molecular weight is 283 g/mol. The first-order valence-electron chi connectivity index (χ1n) is 7.33. The lowest BCUT2D eigenvalue weighted by molar-refractivity contribution is 0.512. The topological polar surface area (TPSA) is 38.0 Å². The first kappa shape index (κ1) is 16.3. The number of unbranched alkanes of at least 4 members (excludes halogenated alkanes) is 3. The highest BCUT2D eigenvalue weighted by molar-refractivity contribution is 6.30. The van der Waals surface area contributed by atoms with E-state index in [0.717, 1.165) is 30.3 Å². The van der Waals surface area contributed by atoms with E-state index in [0.29, 0.717) is 5.02 Å². The summed E-state index contributed by atoms with van der Waals surface area (Å²) in [5, 5.41) is 4.16. The molecule has 3 heteroatoms. The molecular weight excluding hydrogens is 256 g/mol. The van der Waals surface area contributed by atoms with Gasteiger partial charge in [-0.2, -0.15) is 0 Å². The Morgan fingerprint density at radius 1 is 1.11 bits per heavy atom. The van der Waals surface area contributed by atoms with Crippen molar-refractivity contribution in [3.05, 3.63) is 28.8 Å². The van der Waals surface area contributed by atoms with Crippen LogP contribution < -0.4 is 11.1 Å². The summed E-state index contributed by atoms with van der Waals surface area (Å²) in [4.78, 5) is 0. The first-order chi connectivity index (χ1) is 9.08. The van der Waals surface area contributed by atoms with Gasteiger partial charge in [0.1, 0.15) is 0 Å². The number of hydrogen-bond acceptors (Lipinski definition) is 2. The van der Waals surface area contributed by atoms with Gasteiger partial charge < -0.3 is 11.1 Å². The summed E-state index contributed by atoms with van der Waals surface area (Å²) in [5.74, 6) is 0.839. The zero-order chi connectivity index (χ0) is 14.1. The van der Waals surface area contributed by atoms with Gasteiger partial charge in [0.25, 0.3) is 0 Å². The number of nitrogen functional groups attached to an aromatic ring is 1. The first-order valence-corrected chi connectivity index (χ1v) is 7.71. The van der Waals surface area contributed by atoms with E-state index in [2.05, 4.69) is 19.2 Å². The maximum absolute atomic E-state index is 5.97. The van der Waals surface area contributed by atoms with Crippen LogP contribution in [0.5, 0.6) is 0 Å². The quantitative estimate of drug-likeness (QED) is 0.512. The lowest BCUT2D eigenvalue weighted by Gasteiger charge is -2.07. The molecule has 0 amide bonds. The predicted octanol–water partition coefficient (Wildman–Crippen LogP) is 4.62. The molecule has 2 nitrogen and oxygen atoms in total. The molecule has 19 heavy (non-hydrogen) atoms. The molecule has 1 aromatic rings. The number of nitrogens with two attached hydrogens (primary N) is 1. The molecule has 0 aliphatic heterocycles. The molecule has 0 bridgehead atoms. The Morgan fingerprint density at radius 2 is 1.84 bits per heavy atom. The van der Waals surface area contributed by atoms with Crippen molar-refractivity contribution in [2.24, 2.45) is 5.92 Å². The molecule has 0 aliphatic rings. The largest absolute Gasteiger partial charge is 0.399 e. The monoisotopic (exact) mass is 282 g/mol. The van der Waals surface area contributed by atoms with E-state index in [4.69, 9.17) is 17.3 Å². The molecule has 1 rings (SSSR count). The summed E-state index contributed by atoms with van der Waals surface area (Å²) in [5.41, 5.74) is 7.65. The number of halogens is 1. The van der Waals surface area contributed by atoms with Gasteiger partial charge in [0.2, 0.25) is 0 Å². The number of rotatable bonds is 9. The minimum atomic E-state index is 0.713. The van der Waals surface area contributed by atoms with Crippen LogP contribution in [0.2, 0.25) is 5.02 Å². The average Bonchev–Trinajstić information content (AvgIpc) is 2.31. The fraction of sp³-hybridized carbons (Fsp3) is 0.625. The molecule has 3 N–H and O–H groups in total. The second-order valence-electron chi connectivity index (χ2n) is 5.67. The van der Waals surface area contributed by atoms with E-state index in [1.165, 1.54) is 32.1 Å². The second-order valence-corrected chi connectivity index (χ2v) is 6.10. The highest BCUT2D eigenvalue weighted by Gasteiger charge is 1.98. The third-order valence-electron chi connectivity index (χ3n) is 3.19. The zero-order valence-electron chi connectivity index (χ0n) is 12.2. The number of benzene rings is 1. The van der Waals surface area contributed by atoms with Crippen LogP contribution in [0.4, 0.5) is 5.69 Å². The highest BCUT2D eigenvalue weighted by atomic mass is 35.5. The van der Waals surface area contributed by atoms with E-state index in [9.17, 15) is 0 Å². The van der Waals surface area contributed by atoms with Crippen molar-refractivity contribution >= 4 is 17.3 Å². The second kappa shape index (κ2) is 9.22. The van der Waals surface area contributed by atoms with Gasteiger partial charge in [-0.1, -0.05) is 51.1 Å². The smallest absolute Gasteiger partial charge is 0.0429 e. The molecular formula is C16H27ClN2. The van der Waals surface area contributed by atoms with E-state index in [1.54, 1.807) is 6.07 Å². The SMILES string of the molecule is CC(C)CCCCCCNCc1cc(N)cc(Cl)c1. The van der Waals surface area contributed by atoms with Gasteiger partial charge in [0.15, 0.2) is 0 Å². The Bertz CT molecular complexity index is 344. The van der Waals surface area contributed by atoms with Crippen LogP contribution in [0.1, 0.15) is 51.5 Å². The fourth-order valence-corrected chi connectivity index (χ4v) is 2.43. The maximum Gasteiger partial charge on any atom is 0.0429 e. The lowest BCUT2D eigenvalue weighted by atomic mass is 10.0. The fourth-order valence-electron chi connectivity index (χ4n) is 2.17. The Hall–Kier alpha value is -0.730. The van der Waals surface area contributed by atoms with Crippen LogP contribution >= 0.6 is 11.6 Å². The van der Waals surface area contributed by atoms with Gasteiger partial charge in [-0.05, 0) is 42.6 Å². The lowest BCUT2D eigenvalue weighted by Crippen LogP contribution is -2.14. The normalized spacial score (nSPS) is 11.2. The maximum atomic E-state index is 5.97. The summed E-state index contributed by atoms with van der Waals surface area (Å²) in [6.07, 6.45) is 6.63. The molecule has 0 saturated carbocycles. The molecule has 108 valence electrons. The third kappa shape index (κ3) is 8.12. The van der Waals surface area contributed by atoms with Crippen LogP contribution in [-0.2, 0) is 6.54 Å². The molecule has 0 saturated heterocycles. The Labute approximate surface area is 122 Å². The molecule has 0 aromatic heterocycles. The van der Waals surface area contributed by atoms with Crippen molar-refractivity contribution < 1.29 is 0 Å². The summed E-state index contributed by atoms with van der Waals surface area (Å²) in [7, 11) is 0. The summed E-state index contributed by atoms with van der Waals surface area (Å²) in [6, 6.07) is 5.72.